The standard InChI is InChI=1S/C10H11N3O3/c1-15-6-7(14)5-9-12-10(13-16-9)8-3-2-4-11-8/h2-4,11H,5-6H2,1H3. The van der Waals surface area contributed by atoms with E-state index in [1.54, 1.807) is 6.20 Å². The predicted octanol–water partition coefficient (Wildman–Crippen LogP) is 0.823. The Morgan fingerprint density at radius 3 is 3.19 bits per heavy atom. The number of nitrogens with zero attached hydrogens (tertiary/aromatic N) is 2. The number of methoxy groups -OCH3 is 1. The molecule has 0 saturated heterocycles. The van der Waals surface area contributed by atoms with E-state index in [0.29, 0.717) is 11.7 Å². The van der Waals surface area contributed by atoms with Gasteiger partial charge in [0.05, 0.1) is 12.1 Å². The van der Waals surface area contributed by atoms with Crippen molar-refractivity contribution in [2.45, 2.75) is 6.42 Å². The average Bonchev–Trinajstić information content (AvgIpc) is 2.86. The van der Waals surface area contributed by atoms with Crippen LogP contribution in [0.15, 0.2) is 22.9 Å². The zero-order valence-electron chi connectivity index (χ0n) is 8.77. The van der Waals surface area contributed by atoms with Gasteiger partial charge in [0.15, 0.2) is 5.78 Å². The van der Waals surface area contributed by atoms with E-state index >= 15 is 0 Å². The molecule has 0 saturated carbocycles. The summed E-state index contributed by atoms with van der Waals surface area (Å²) in [4.78, 5) is 18.3. The summed E-state index contributed by atoms with van der Waals surface area (Å²) in [6.45, 7) is 0.0558. The van der Waals surface area contributed by atoms with Gasteiger partial charge in [-0.15, -0.1) is 0 Å². The maximum atomic E-state index is 11.2. The molecule has 0 unspecified atom stereocenters. The molecule has 0 radical (unpaired) electrons. The smallest absolute Gasteiger partial charge is 0.234 e. The summed E-state index contributed by atoms with van der Waals surface area (Å²) in [6.07, 6.45) is 1.86. The fraction of sp³-hybridized carbons (Fsp3) is 0.300. The van der Waals surface area contributed by atoms with Crippen molar-refractivity contribution in [3.8, 4) is 11.5 Å². The highest BCUT2D eigenvalue weighted by molar-refractivity contribution is 5.81. The van der Waals surface area contributed by atoms with Gasteiger partial charge in [0.2, 0.25) is 11.7 Å². The van der Waals surface area contributed by atoms with Crippen LogP contribution in [0.4, 0.5) is 0 Å². The van der Waals surface area contributed by atoms with Crippen molar-refractivity contribution in [2.75, 3.05) is 13.7 Å². The molecule has 0 spiro atoms. The maximum Gasteiger partial charge on any atom is 0.234 e. The number of Topliss-reactive ketones (excluding diaryl/α,β-unsaturated/α-hetero) is 1. The van der Waals surface area contributed by atoms with Crippen LogP contribution in [0.1, 0.15) is 5.89 Å². The number of nitrogens with one attached hydrogen (secondary N) is 1. The lowest BCUT2D eigenvalue weighted by molar-refractivity contribution is -0.122. The minimum absolute atomic E-state index is 0.0558. The summed E-state index contributed by atoms with van der Waals surface area (Å²) in [6, 6.07) is 3.66. The highest BCUT2D eigenvalue weighted by Gasteiger charge is 2.12. The zero-order valence-corrected chi connectivity index (χ0v) is 8.77. The average molecular weight is 221 g/mol. The number of carbonyl (C=O) groups is 1. The third-order valence-electron chi connectivity index (χ3n) is 1.96. The van der Waals surface area contributed by atoms with E-state index in [9.17, 15) is 4.79 Å². The van der Waals surface area contributed by atoms with Gasteiger partial charge in [-0.2, -0.15) is 4.98 Å². The molecule has 0 aliphatic rings. The van der Waals surface area contributed by atoms with E-state index in [1.807, 2.05) is 12.1 Å². The van der Waals surface area contributed by atoms with E-state index in [2.05, 4.69) is 15.1 Å². The Bertz CT molecular complexity index is 461. The largest absolute Gasteiger partial charge is 0.377 e. The fourth-order valence-electron chi connectivity index (χ4n) is 1.29. The van der Waals surface area contributed by atoms with Crippen LogP contribution in [0.5, 0.6) is 0 Å². The Morgan fingerprint density at radius 2 is 2.50 bits per heavy atom. The van der Waals surface area contributed by atoms with Gasteiger partial charge in [0.1, 0.15) is 6.61 Å². The van der Waals surface area contributed by atoms with Gasteiger partial charge in [-0.3, -0.25) is 4.79 Å². The van der Waals surface area contributed by atoms with Gasteiger partial charge < -0.3 is 14.2 Å². The molecule has 16 heavy (non-hydrogen) atoms. The molecule has 0 aliphatic carbocycles. The third-order valence-corrected chi connectivity index (χ3v) is 1.96. The molecule has 2 aromatic heterocycles. The summed E-state index contributed by atoms with van der Waals surface area (Å²) in [5.74, 6) is 0.654. The van der Waals surface area contributed by atoms with Crippen LogP contribution in [-0.2, 0) is 16.0 Å². The molecule has 6 heteroatoms. The predicted molar refractivity (Wildman–Crippen MR) is 54.7 cm³/mol. The molecule has 0 bridgehead atoms. The van der Waals surface area contributed by atoms with Crippen LogP contribution in [0.25, 0.3) is 11.5 Å². The van der Waals surface area contributed by atoms with Gasteiger partial charge in [-0.1, -0.05) is 5.16 Å². The third kappa shape index (κ3) is 2.34. The Labute approximate surface area is 91.6 Å². The first-order chi connectivity index (χ1) is 7.79. The first-order valence-corrected chi connectivity index (χ1v) is 4.76. The minimum atomic E-state index is -0.0933. The molecule has 6 nitrogen and oxygen atoms in total. The van der Waals surface area contributed by atoms with Crippen molar-refractivity contribution in [3.05, 3.63) is 24.2 Å². The second kappa shape index (κ2) is 4.71. The fourth-order valence-corrected chi connectivity index (χ4v) is 1.29. The number of H-pyrrole nitrogens is 1. The second-order valence-corrected chi connectivity index (χ2v) is 3.24. The summed E-state index contributed by atoms with van der Waals surface area (Å²) >= 11 is 0. The lowest BCUT2D eigenvalue weighted by Crippen LogP contribution is -2.09. The first-order valence-electron chi connectivity index (χ1n) is 4.76. The number of ether oxygens (including phenoxy) is 1. The van der Waals surface area contributed by atoms with Gasteiger partial charge in [0.25, 0.3) is 0 Å². The lowest BCUT2D eigenvalue weighted by Gasteiger charge is -1.93. The number of ketones is 1. The van der Waals surface area contributed by atoms with Crippen molar-refractivity contribution in [2.24, 2.45) is 0 Å². The topological polar surface area (TPSA) is 81.0 Å². The van der Waals surface area contributed by atoms with E-state index in [0.717, 1.165) is 5.69 Å². The molecule has 84 valence electrons. The van der Waals surface area contributed by atoms with Gasteiger partial charge in [0, 0.05) is 13.3 Å². The van der Waals surface area contributed by atoms with Crippen molar-refractivity contribution in [1.29, 1.82) is 0 Å². The molecule has 0 aliphatic heterocycles. The summed E-state index contributed by atoms with van der Waals surface area (Å²) in [5, 5.41) is 3.76. The Morgan fingerprint density at radius 1 is 1.62 bits per heavy atom. The molecule has 0 atom stereocenters. The zero-order chi connectivity index (χ0) is 11.4. The van der Waals surface area contributed by atoms with Gasteiger partial charge in [-0.05, 0) is 12.1 Å². The van der Waals surface area contributed by atoms with E-state index in [1.165, 1.54) is 7.11 Å². The molecule has 1 N–H and O–H groups in total. The quantitative estimate of drug-likeness (QED) is 0.808. The van der Waals surface area contributed by atoms with Crippen LogP contribution in [0.3, 0.4) is 0 Å². The normalized spacial score (nSPS) is 10.6. The highest BCUT2D eigenvalue weighted by Crippen LogP contribution is 2.12. The monoisotopic (exact) mass is 221 g/mol. The SMILES string of the molecule is COCC(=O)Cc1nc(-c2ccc[nH]2)no1. The van der Waals surface area contributed by atoms with Crippen LogP contribution in [0, 0.1) is 0 Å². The Kier molecular flexibility index (Phi) is 3.11. The number of hydrogen-bond acceptors (Lipinski definition) is 5. The van der Waals surface area contributed by atoms with E-state index in [-0.39, 0.29) is 18.8 Å². The molecule has 2 aromatic rings. The Hall–Kier alpha value is -1.95. The molecular weight excluding hydrogens is 210 g/mol. The minimum Gasteiger partial charge on any atom is -0.377 e. The van der Waals surface area contributed by atoms with Crippen LogP contribution >= 0.6 is 0 Å². The second-order valence-electron chi connectivity index (χ2n) is 3.24. The first kappa shape index (κ1) is 10.6. The Balaban J connectivity index is 2.06. The maximum absolute atomic E-state index is 11.2. The van der Waals surface area contributed by atoms with Gasteiger partial charge in [-0.25, -0.2) is 0 Å². The van der Waals surface area contributed by atoms with Gasteiger partial charge >= 0.3 is 0 Å². The highest BCUT2D eigenvalue weighted by atomic mass is 16.5. The van der Waals surface area contributed by atoms with Crippen LogP contribution in [0.2, 0.25) is 0 Å². The van der Waals surface area contributed by atoms with Crippen molar-refractivity contribution in [1.82, 2.24) is 15.1 Å². The number of aromatic nitrogens is 3. The van der Waals surface area contributed by atoms with Crippen LogP contribution < -0.4 is 0 Å². The van der Waals surface area contributed by atoms with Crippen molar-refractivity contribution < 1.29 is 14.1 Å². The van der Waals surface area contributed by atoms with Crippen molar-refractivity contribution >= 4 is 5.78 Å². The number of carbonyl (C=O) groups excluding carboxylic acids is 1. The molecule has 0 aromatic carbocycles. The van der Waals surface area contributed by atoms with Crippen LogP contribution in [-0.4, -0.2) is 34.6 Å². The molecule has 2 heterocycles. The summed E-state index contributed by atoms with van der Waals surface area (Å²) < 4.78 is 9.66. The lowest BCUT2D eigenvalue weighted by atomic mass is 10.3. The molecule has 0 amide bonds. The molecule has 2 rings (SSSR count). The number of hydrogen-bond donors (Lipinski definition) is 1. The van der Waals surface area contributed by atoms with Crippen molar-refractivity contribution in [3.63, 3.8) is 0 Å². The summed E-state index contributed by atoms with van der Waals surface area (Å²) in [7, 11) is 1.47. The number of aromatic amines is 1. The number of rotatable bonds is 5. The van der Waals surface area contributed by atoms with E-state index < -0.39 is 0 Å². The van der Waals surface area contributed by atoms with E-state index in [4.69, 9.17) is 9.26 Å². The molecular formula is C10H11N3O3. The summed E-state index contributed by atoms with van der Waals surface area (Å²) in [5.41, 5.74) is 0.759. The molecule has 0 fully saturated rings.